The second kappa shape index (κ2) is 5.44. The molecule has 1 aromatic heterocycles. The first-order valence-electron chi connectivity index (χ1n) is 8.48. The molecule has 134 valence electrons. The third-order valence-electron chi connectivity index (χ3n) is 5.51. The molecule has 1 aliphatic carbocycles. The zero-order chi connectivity index (χ0) is 18.8. The van der Waals surface area contributed by atoms with Crippen molar-refractivity contribution in [1.29, 1.82) is 0 Å². The molecule has 0 bridgehead atoms. The van der Waals surface area contributed by atoms with Crippen molar-refractivity contribution in [2.45, 2.75) is 17.8 Å². The maximum atomic E-state index is 13.5. The van der Waals surface area contributed by atoms with E-state index in [9.17, 15) is 14.7 Å². The van der Waals surface area contributed by atoms with Gasteiger partial charge in [-0.1, -0.05) is 23.7 Å². The summed E-state index contributed by atoms with van der Waals surface area (Å²) >= 11 is 5.99. The molecule has 0 unspecified atom stereocenters. The lowest BCUT2D eigenvalue weighted by Gasteiger charge is -2.15. The SMILES string of the molecule is O=C(O)c1ccc2c(c1)[C@]1(C[C@H]1c1ccc(Cl)cc1)C(=O)N2c1cnc[nH]1. The van der Waals surface area contributed by atoms with Gasteiger partial charge in [-0.25, -0.2) is 9.78 Å². The zero-order valence-corrected chi connectivity index (χ0v) is 14.8. The Hall–Kier alpha value is -3.12. The Balaban J connectivity index is 1.67. The standard InChI is InChI=1S/C20H14ClN3O3/c21-13-4-1-11(2-5-13)15-8-20(15)14-7-12(18(25)26)3-6-16(14)24(19(20)27)17-9-22-10-23-17/h1-7,9-10,15H,8H2,(H,22,23)(H,25,26)/t15-,20-/m0/s1. The lowest BCUT2D eigenvalue weighted by molar-refractivity contribution is -0.119. The number of anilines is 2. The number of carbonyl (C=O) groups excluding carboxylic acids is 1. The lowest BCUT2D eigenvalue weighted by Crippen LogP contribution is -2.29. The minimum absolute atomic E-state index is 0.0158. The van der Waals surface area contributed by atoms with Crippen LogP contribution in [-0.2, 0) is 10.2 Å². The first-order valence-corrected chi connectivity index (χ1v) is 8.86. The molecule has 1 amide bonds. The Morgan fingerprint density at radius 2 is 2.04 bits per heavy atom. The number of aromatic nitrogens is 2. The monoisotopic (exact) mass is 379 g/mol. The van der Waals surface area contributed by atoms with Gasteiger partial charge in [0.05, 0.1) is 29.2 Å². The highest BCUT2D eigenvalue weighted by Gasteiger charge is 2.67. The van der Waals surface area contributed by atoms with Crippen molar-refractivity contribution >= 4 is 35.0 Å². The van der Waals surface area contributed by atoms with E-state index < -0.39 is 11.4 Å². The summed E-state index contributed by atoms with van der Waals surface area (Å²) in [6.07, 6.45) is 3.74. The molecular weight excluding hydrogens is 366 g/mol. The highest BCUT2D eigenvalue weighted by Crippen LogP contribution is 2.67. The first-order chi connectivity index (χ1) is 13.0. The fourth-order valence-corrected chi connectivity index (χ4v) is 4.28. The molecule has 0 saturated heterocycles. The van der Waals surface area contributed by atoms with Gasteiger partial charge in [-0.2, -0.15) is 0 Å². The van der Waals surface area contributed by atoms with Crippen molar-refractivity contribution in [2.75, 3.05) is 4.90 Å². The van der Waals surface area contributed by atoms with Gasteiger partial charge in [-0.3, -0.25) is 9.69 Å². The average Bonchev–Trinajstić information content (AvgIpc) is 3.08. The molecule has 2 N–H and O–H groups in total. The minimum atomic E-state index is -1.01. The Bertz CT molecular complexity index is 1080. The van der Waals surface area contributed by atoms with Crippen molar-refractivity contribution in [3.8, 4) is 0 Å². The normalized spacial score (nSPS) is 22.9. The predicted molar refractivity (Wildman–Crippen MR) is 99.6 cm³/mol. The number of H-pyrrole nitrogens is 1. The molecule has 2 aliphatic rings. The number of halogens is 1. The molecule has 6 nitrogen and oxygen atoms in total. The third-order valence-corrected chi connectivity index (χ3v) is 5.76. The number of rotatable bonds is 3. The molecule has 2 atom stereocenters. The molecule has 1 spiro atoms. The number of aromatic carboxylic acids is 1. The molecule has 7 heteroatoms. The van der Waals surface area contributed by atoms with Crippen LogP contribution in [0.3, 0.4) is 0 Å². The molecule has 1 fully saturated rings. The van der Waals surface area contributed by atoms with Gasteiger partial charge < -0.3 is 10.1 Å². The van der Waals surface area contributed by atoms with Crippen LogP contribution < -0.4 is 4.90 Å². The summed E-state index contributed by atoms with van der Waals surface area (Å²) in [7, 11) is 0. The Morgan fingerprint density at radius 1 is 1.26 bits per heavy atom. The molecule has 3 aromatic rings. The zero-order valence-electron chi connectivity index (χ0n) is 14.0. The van der Waals surface area contributed by atoms with E-state index in [1.807, 2.05) is 24.3 Å². The molecule has 0 radical (unpaired) electrons. The second-order valence-electron chi connectivity index (χ2n) is 6.89. The van der Waals surface area contributed by atoms with Crippen molar-refractivity contribution in [1.82, 2.24) is 9.97 Å². The fraction of sp³-hybridized carbons (Fsp3) is 0.150. The van der Waals surface area contributed by atoms with Crippen LogP contribution in [0.5, 0.6) is 0 Å². The molecular formula is C20H14ClN3O3. The average molecular weight is 380 g/mol. The van der Waals surface area contributed by atoms with Crippen LogP contribution in [0.2, 0.25) is 5.02 Å². The number of aromatic amines is 1. The maximum absolute atomic E-state index is 13.5. The number of amides is 1. The molecule has 5 rings (SSSR count). The maximum Gasteiger partial charge on any atom is 0.335 e. The number of imidazole rings is 1. The number of carboxylic acids is 1. The summed E-state index contributed by atoms with van der Waals surface area (Å²) in [5.74, 6) is -0.519. The van der Waals surface area contributed by atoms with Crippen LogP contribution in [-0.4, -0.2) is 27.0 Å². The fourth-order valence-electron chi connectivity index (χ4n) is 4.15. The summed E-state index contributed by atoms with van der Waals surface area (Å²) in [6.45, 7) is 0. The van der Waals surface area contributed by atoms with Crippen LogP contribution in [0.4, 0.5) is 11.5 Å². The third kappa shape index (κ3) is 2.16. The second-order valence-corrected chi connectivity index (χ2v) is 7.33. The van der Waals surface area contributed by atoms with Crippen LogP contribution in [0.25, 0.3) is 0 Å². The van der Waals surface area contributed by atoms with E-state index in [1.165, 1.54) is 12.4 Å². The quantitative estimate of drug-likeness (QED) is 0.723. The molecule has 1 saturated carbocycles. The number of carbonyl (C=O) groups is 2. The molecule has 2 aromatic carbocycles. The number of benzene rings is 2. The summed E-state index contributed by atoms with van der Waals surface area (Å²) in [6, 6.07) is 12.3. The van der Waals surface area contributed by atoms with E-state index in [0.29, 0.717) is 22.9 Å². The topological polar surface area (TPSA) is 86.3 Å². The van der Waals surface area contributed by atoms with E-state index >= 15 is 0 Å². The summed E-state index contributed by atoms with van der Waals surface area (Å²) in [5, 5.41) is 10.0. The summed E-state index contributed by atoms with van der Waals surface area (Å²) in [4.78, 5) is 33.6. The number of carboxylic acid groups (broad SMARTS) is 1. The van der Waals surface area contributed by atoms with Crippen molar-refractivity contribution in [2.24, 2.45) is 0 Å². The smallest absolute Gasteiger partial charge is 0.335 e. The largest absolute Gasteiger partial charge is 0.478 e. The molecule has 1 aliphatic heterocycles. The van der Waals surface area contributed by atoms with Crippen molar-refractivity contribution in [3.63, 3.8) is 0 Å². The minimum Gasteiger partial charge on any atom is -0.478 e. The van der Waals surface area contributed by atoms with Crippen molar-refractivity contribution in [3.05, 3.63) is 76.7 Å². The Labute approximate surface area is 159 Å². The van der Waals surface area contributed by atoms with Gasteiger partial charge in [0.15, 0.2) is 0 Å². The van der Waals surface area contributed by atoms with Gasteiger partial charge in [0, 0.05) is 10.9 Å². The van der Waals surface area contributed by atoms with E-state index in [1.54, 1.807) is 23.2 Å². The molecule has 2 heterocycles. The Kier molecular flexibility index (Phi) is 3.24. The number of hydrogen-bond donors (Lipinski definition) is 2. The van der Waals surface area contributed by atoms with Gasteiger partial charge in [0.2, 0.25) is 5.91 Å². The highest BCUT2D eigenvalue weighted by atomic mass is 35.5. The van der Waals surface area contributed by atoms with E-state index in [0.717, 1.165) is 11.1 Å². The van der Waals surface area contributed by atoms with E-state index in [-0.39, 0.29) is 17.4 Å². The number of nitrogens with one attached hydrogen (secondary N) is 1. The van der Waals surface area contributed by atoms with E-state index in [4.69, 9.17) is 11.6 Å². The predicted octanol–water partition coefficient (Wildman–Crippen LogP) is 3.86. The lowest BCUT2D eigenvalue weighted by atomic mass is 9.91. The highest BCUT2D eigenvalue weighted by molar-refractivity contribution is 6.30. The summed E-state index contributed by atoms with van der Waals surface area (Å²) < 4.78 is 0. The summed E-state index contributed by atoms with van der Waals surface area (Å²) in [5.41, 5.74) is 1.90. The number of hydrogen-bond acceptors (Lipinski definition) is 3. The Morgan fingerprint density at radius 3 is 2.70 bits per heavy atom. The first kappa shape index (κ1) is 16.1. The van der Waals surface area contributed by atoms with Crippen molar-refractivity contribution < 1.29 is 14.7 Å². The van der Waals surface area contributed by atoms with Crippen LogP contribution >= 0.6 is 11.6 Å². The van der Waals surface area contributed by atoms with Gasteiger partial charge in [-0.05, 0) is 47.9 Å². The van der Waals surface area contributed by atoms with Gasteiger partial charge in [-0.15, -0.1) is 0 Å². The van der Waals surface area contributed by atoms with Crippen LogP contribution in [0.1, 0.15) is 33.8 Å². The van der Waals surface area contributed by atoms with Gasteiger partial charge >= 0.3 is 5.97 Å². The van der Waals surface area contributed by atoms with Gasteiger partial charge in [0.1, 0.15) is 5.82 Å². The van der Waals surface area contributed by atoms with Crippen LogP contribution in [0.15, 0.2) is 55.0 Å². The van der Waals surface area contributed by atoms with E-state index in [2.05, 4.69) is 9.97 Å². The van der Waals surface area contributed by atoms with Gasteiger partial charge in [0.25, 0.3) is 0 Å². The van der Waals surface area contributed by atoms with Crippen LogP contribution in [0, 0.1) is 0 Å². The molecule has 27 heavy (non-hydrogen) atoms. The number of fused-ring (bicyclic) bond motifs is 2. The number of nitrogens with zero attached hydrogens (tertiary/aromatic N) is 2.